The fraction of sp³-hybridized carbons (Fsp3) is 0.136. The highest BCUT2D eigenvalue weighted by Gasteiger charge is 2.32. The molecule has 12 heteroatoms. The first-order chi connectivity index (χ1) is 15.5. The number of hydrogen-bond acceptors (Lipinski definition) is 10. The van der Waals surface area contributed by atoms with Crippen molar-refractivity contribution in [2.45, 2.75) is 18.6 Å². The maximum Gasteiger partial charge on any atom is 0.335 e. The molecule has 0 spiro atoms. The van der Waals surface area contributed by atoms with E-state index in [0.717, 1.165) is 12.1 Å². The molecule has 3 aromatic rings. The van der Waals surface area contributed by atoms with E-state index in [-0.39, 0.29) is 46.2 Å². The van der Waals surface area contributed by atoms with Gasteiger partial charge in [0.15, 0.2) is 28.7 Å². The quantitative estimate of drug-likeness (QED) is 0.237. The van der Waals surface area contributed by atoms with Gasteiger partial charge < -0.3 is 56.2 Å². The lowest BCUT2D eigenvalue weighted by molar-refractivity contribution is 0.0197. The normalized spacial score (nSPS) is 16.1. The Hall–Kier alpha value is -4.55. The Balaban J connectivity index is 0.000000270. The first-order valence-electron chi connectivity index (χ1n) is 9.37. The lowest BCUT2D eigenvalue weighted by Crippen LogP contribution is -2.30. The topological polar surface area (TPSA) is 240 Å². The summed E-state index contributed by atoms with van der Waals surface area (Å²) in [7, 11) is 0. The molecule has 0 aromatic heterocycles. The first-order valence-corrected chi connectivity index (χ1v) is 9.37. The van der Waals surface area contributed by atoms with Crippen LogP contribution in [0.3, 0.4) is 0 Å². The van der Waals surface area contributed by atoms with Gasteiger partial charge in [-0.3, -0.25) is 0 Å². The molecule has 4 rings (SSSR count). The average molecular weight is 478 g/mol. The molecule has 0 saturated carbocycles. The number of carbonyl (C=O) groups is 1. The number of phenolic OH excluding ortho intramolecular Hbond substituents is 7. The van der Waals surface area contributed by atoms with Gasteiger partial charge in [-0.15, -0.1) is 0 Å². The second kappa shape index (κ2) is 9.94. The van der Waals surface area contributed by atoms with Gasteiger partial charge in [0, 0.05) is 24.1 Å². The van der Waals surface area contributed by atoms with Crippen molar-refractivity contribution in [3.63, 3.8) is 0 Å². The minimum atomic E-state index is -1.29. The van der Waals surface area contributed by atoms with Gasteiger partial charge in [0.25, 0.3) is 0 Å². The van der Waals surface area contributed by atoms with E-state index < -0.39 is 35.4 Å². The van der Waals surface area contributed by atoms with E-state index in [1.54, 1.807) is 0 Å². The molecule has 182 valence electrons. The molecule has 0 aliphatic carbocycles. The van der Waals surface area contributed by atoms with Crippen molar-refractivity contribution in [2.24, 2.45) is 0 Å². The lowest BCUT2D eigenvalue weighted by Gasteiger charge is -2.31. The number of phenols is 7. The summed E-state index contributed by atoms with van der Waals surface area (Å²) in [6.45, 7) is 0. The van der Waals surface area contributed by atoms with Gasteiger partial charge in [-0.05, 0) is 29.8 Å². The SMILES string of the molecule is O.O=C(O)c1cc(O)c(O)c(O)c1.Oc1cc(O)c2c(c1)O[C@H](c1ccc(O)c(O)c1)[C@H](O)C2. The zero-order chi connectivity index (χ0) is 24.4. The van der Waals surface area contributed by atoms with Gasteiger partial charge >= 0.3 is 5.97 Å². The molecule has 11 N–H and O–H groups in total. The number of aliphatic hydroxyl groups excluding tert-OH is 1. The number of carboxylic acid groups (broad SMARTS) is 1. The minimum Gasteiger partial charge on any atom is -0.508 e. The zero-order valence-corrected chi connectivity index (χ0v) is 17.2. The molecule has 34 heavy (non-hydrogen) atoms. The Kier molecular flexibility index (Phi) is 7.51. The summed E-state index contributed by atoms with van der Waals surface area (Å²) in [4.78, 5) is 10.3. The largest absolute Gasteiger partial charge is 0.508 e. The van der Waals surface area contributed by atoms with Crippen molar-refractivity contribution in [3.8, 4) is 46.0 Å². The van der Waals surface area contributed by atoms with Crippen molar-refractivity contribution >= 4 is 5.97 Å². The summed E-state index contributed by atoms with van der Waals surface area (Å²) in [6, 6.07) is 8.36. The number of aromatic hydroxyl groups is 7. The summed E-state index contributed by atoms with van der Waals surface area (Å²) >= 11 is 0. The van der Waals surface area contributed by atoms with Crippen LogP contribution in [-0.4, -0.2) is 63.5 Å². The summed E-state index contributed by atoms with van der Waals surface area (Å²) in [5, 5.41) is 83.3. The highest BCUT2D eigenvalue weighted by atomic mass is 16.5. The molecule has 0 fully saturated rings. The van der Waals surface area contributed by atoms with Crippen LogP contribution < -0.4 is 4.74 Å². The second-order valence-electron chi connectivity index (χ2n) is 7.17. The van der Waals surface area contributed by atoms with Crippen LogP contribution in [0.5, 0.6) is 46.0 Å². The van der Waals surface area contributed by atoms with Crippen LogP contribution in [-0.2, 0) is 6.42 Å². The first kappa shape index (κ1) is 25.7. The Morgan fingerprint density at radius 3 is 1.97 bits per heavy atom. The molecule has 12 nitrogen and oxygen atoms in total. The molecule has 0 bridgehead atoms. The van der Waals surface area contributed by atoms with E-state index in [4.69, 9.17) is 25.2 Å². The van der Waals surface area contributed by atoms with Gasteiger partial charge in [0.2, 0.25) is 0 Å². The molecule has 3 aromatic carbocycles. The van der Waals surface area contributed by atoms with E-state index >= 15 is 0 Å². The molecule has 0 amide bonds. The molecule has 1 heterocycles. The van der Waals surface area contributed by atoms with Crippen LogP contribution in [0.1, 0.15) is 27.6 Å². The lowest BCUT2D eigenvalue weighted by atomic mass is 9.94. The second-order valence-corrected chi connectivity index (χ2v) is 7.17. The van der Waals surface area contributed by atoms with Crippen LogP contribution in [0.25, 0.3) is 0 Å². The van der Waals surface area contributed by atoms with Gasteiger partial charge in [-0.25, -0.2) is 4.79 Å². The Morgan fingerprint density at radius 2 is 1.41 bits per heavy atom. The summed E-state index contributed by atoms with van der Waals surface area (Å²) in [5.41, 5.74) is 0.605. The molecule has 0 radical (unpaired) electrons. The summed E-state index contributed by atoms with van der Waals surface area (Å²) < 4.78 is 5.62. The van der Waals surface area contributed by atoms with Crippen molar-refractivity contribution in [2.75, 3.05) is 0 Å². The van der Waals surface area contributed by atoms with Crippen LogP contribution in [0.15, 0.2) is 42.5 Å². The van der Waals surface area contributed by atoms with Crippen LogP contribution >= 0.6 is 0 Å². The molecule has 2 atom stereocenters. The molecule has 0 unspecified atom stereocenters. The third-order valence-electron chi connectivity index (χ3n) is 4.83. The summed E-state index contributed by atoms with van der Waals surface area (Å²) in [6.07, 6.45) is -1.56. The van der Waals surface area contributed by atoms with Crippen molar-refractivity contribution < 1.29 is 61.0 Å². The smallest absolute Gasteiger partial charge is 0.335 e. The van der Waals surface area contributed by atoms with Gasteiger partial charge in [-0.2, -0.15) is 0 Å². The predicted octanol–water partition coefficient (Wildman–Crippen LogP) is 1.22. The number of ether oxygens (including phenoxy) is 1. The number of aromatic carboxylic acids is 1. The van der Waals surface area contributed by atoms with Crippen molar-refractivity contribution in [1.29, 1.82) is 0 Å². The Labute approximate surface area is 191 Å². The number of aliphatic hydroxyl groups is 1. The van der Waals surface area contributed by atoms with Crippen LogP contribution in [0, 0.1) is 0 Å². The number of carboxylic acids is 1. The van der Waals surface area contributed by atoms with Gasteiger partial charge in [-0.1, -0.05) is 6.07 Å². The number of hydrogen-bond donors (Lipinski definition) is 9. The third kappa shape index (κ3) is 5.26. The maximum absolute atomic E-state index is 10.3. The van der Waals surface area contributed by atoms with Crippen molar-refractivity contribution in [3.05, 3.63) is 59.2 Å². The minimum absolute atomic E-state index is 0. The van der Waals surface area contributed by atoms with Gasteiger partial charge in [0.05, 0.1) is 11.7 Å². The predicted molar refractivity (Wildman–Crippen MR) is 115 cm³/mol. The fourth-order valence-electron chi connectivity index (χ4n) is 3.19. The molecule has 0 saturated heterocycles. The van der Waals surface area contributed by atoms with E-state index in [0.29, 0.717) is 11.1 Å². The number of rotatable bonds is 2. The highest BCUT2D eigenvalue weighted by molar-refractivity contribution is 5.89. The zero-order valence-electron chi connectivity index (χ0n) is 17.2. The standard InChI is InChI=1S/C15H14O6.C7H6O5.H2O/c16-8-4-11(18)9-6-13(20)15(21-14(9)5-8)7-1-2-10(17)12(19)3-7;8-4-1-3(7(11)12)2-5(9)6(4)10;/h1-5,13,15-20H,6H2;1-2,8-10H,(H,11,12);1H2/t13-,15-;;/m1../s1. The number of fused-ring (bicyclic) bond motifs is 1. The van der Waals surface area contributed by atoms with E-state index in [1.165, 1.54) is 30.3 Å². The van der Waals surface area contributed by atoms with E-state index in [1.807, 2.05) is 0 Å². The van der Waals surface area contributed by atoms with E-state index in [2.05, 4.69) is 0 Å². The van der Waals surface area contributed by atoms with Crippen LogP contribution in [0.2, 0.25) is 0 Å². The maximum atomic E-state index is 10.3. The molecular weight excluding hydrogens is 456 g/mol. The monoisotopic (exact) mass is 478 g/mol. The van der Waals surface area contributed by atoms with Crippen LogP contribution in [0.4, 0.5) is 0 Å². The Morgan fingerprint density at radius 1 is 0.794 bits per heavy atom. The highest BCUT2D eigenvalue weighted by Crippen LogP contribution is 2.42. The molecule has 1 aliphatic rings. The fourth-order valence-corrected chi connectivity index (χ4v) is 3.19. The molecule has 1 aliphatic heterocycles. The average Bonchev–Trinajstić information content (AvgIpc) is 2.74. The molecular formula is C22H22O12. The van der Waals surface area contributed by atoms with Crippen molar-refractivity contribution in [1.82, 2.24) is 0 Å². The van der Waals surface area contributed by atoms with E-state index in [9.17, 15) is 30.3 Å². The third-order valence-corrected chi connectivity index (χ3v) is 4.83. The number of benzene rings is 3. The Bertz CT molecular complexity index is 1180. The summed E-state index contributed by atoms with van der Waals surface area (Å²) in [5.74, 6) is -3.92. The van der Waals surface area contributed by atoms with Gasteiger partial charge in [0.1, 0.15) is 23.4 Å².